The van der Waals surface area contributed by atoms with E-state index in [1.54, 1.807) is 0 Å². The lowest BCUT2D eigenvalue weighted by Gasteiger charge is -2.32. The van der Waals surface area contributed by atoms with Crippen molar-refractivity contribution in [1.82, 2.24) is 0 Å². The highest BCUT2D eigenvalue weighted by Crippen LogP contribution is 2.44. The second-order valence-electron chi connectivity index (χ2n) is 15.5. The van der Waals surface area contributed by atoms with E-state index in [1.807, 2.05) is 0 Å². The van der Waals surface area contributed by atoms with Gasteiger partial charge < -0.3 is 14.2 Å². The number of aryl methyl sites for hydroxylation is 9. The fourth-order valence-electron chi connectivity index (χ4n) is 8.41. The number of anilines is 6. The van der Waals surface area contributed by atoms with Crippen LogP contribution in [0.3, 0.4) is 0 Å². The number of benzene rings is 6. The van der Waals surface area contributed by atoms with E-state index in [9.17, 15) is 0 Å². The molecule has 0 aliphatic carbocycles. The zero-order chi connectivity index (χ0) is 38.2. The fraction of sp³-hybridized carbons (Fsp3) is 0.265. The average molecular weight is 717 g/mol. The molecule has 0 bridgehead atoms. The second-order valence-corrected chi connectivity index (χ2v) is 19.4. The van der Waals surface area contributed by atoms with Crippen LogP contribution in [0, 0.1) is 62.3 Å². The molecule has 0 aromatic heterocycles. The number of hydrogen-bond acceptors (Lipinski definition) is 3. The lowest BCUT2D eigenvalue weighted by Crippen LogP contribution is -2.44. The molecule has 0 atom stereocenters. The first-order valence-corrected chi connectivity index (χ1v) is 21.9. The van der Waals surface area contributed by atoms with Crippen LogP contribution in [-0.4, -0.2) is 14.9 Å². The topological polar surface area (TPSA) is 15.7 Å². The maximum absolute atomic E-state index is 6.21. The SMILES string of the molecule is CCO[Si](C)(C)c1ccc(N(c2ccc(-c3ccc(N(c4c(C)cc(C)cc4C)c4c(C)cc(C)cc4C)cc3)cc2)c2c(C)cc(C)cc2C)cc1. The van der Waals surface area contributed by atoms with E-state index in [0.29, 0.717) is 0 Å². The number of rotatable bonds is 10. The van der Waals surface area contributed by atoms with Crippen LogP contribution in [0.15, 0.2) is 109 Å². The summed E-state index contributed by atoms with van der Waals surface area (Å²) >= 11 is 0. The Labute approximate surface area is 320 Å². The van der Waals surface area contributed by atoms with Crippen molar-refractivity contribution in [2.75, 3.05) is 16.4 Å². The third-order valence-corrected chi connectivity index (χ3v) is 13.2. The Morgan fingerprint density at radius 1 is 0.415 bits per heavy atom. The minimum absolute atomic E-state index is 0.736. The van der Waals surface area contributed by atoms with Crippen molar-refractivity contribution in [3.63, 3.8) is 0 Å². The molecule has 0 unspecified atom stereocenters. The van der Waals surface area contributed by atoms with E-state index < -0.39 is 8.32 Å². The molecular formula is C49H56N2OSi. The minimum atomic E-state index is -1.96. The Bertz CT molecular complexity index is 2120. The maximum atomic E-state index is 6.21. The van der Waals surface area contributed by atoms with Gasteiger partial charge in [0.2, 0.25) is 8.32 Å². The van der Waals surface area contributed by atoms with Crippen LogP contribution in [0.4, 0.5) is 34.1 Å². The Hall–Kier alpha value is -4.90. The van der Waals surface area contributed by atoms with E-state index in [0.717, 1.165) is 23.7 Å². The van der Waals surface area contributed by atoms with Crippen molar-refractivity contribution in [3.8, 4) is 11.1 Å². The number of nitrogens with zero attached hydrogens (tertiary/aromatic N) is 2. The zero-order valence-electron chi connectivity index (χ0n) is 33.9. The summed E-state index contributed by atoms with van der Waals surface area (Å²) in [7, 11) is -1.96. The number of hydrogen-bond donors (Lipinski definition) is 0. The molecule has 0 saturated carbocycles. The highest BCUT2D eigenvalue weighted by molar-refractivity contribution is 6.84. The molecule has 0 amide bonds. The minimum Gasteiger partial charge on any atom is -0.413 e. The average Bonchev–Trinajstić information content (AvgIpc) is 3.08. The Morgan fingerprint density at radius 3 is 1.02 bits per heavy atom. The molecule has 6 aromatic carbocycles. The molecule has 6 rings (SSSR count). The summed E-state index contributed by atoms with van der Waals surface area (Å²) in [5.41, 5.74) is 21.0. The van der Waals surface area contributed by atoms with Crippen LogP contribution in [0.25, 0.3) is 11.1 Å². The van der Waals surface area contributed by atoms with E-state index in [-0.39, 0.29) is 0 Å². The fourth-order valence-corrected chi connectivity index (χ4v) is 10.3. The zero-order valence-corrected chi connectivity index (χ0v) is 34.9. The van der Waals surface area contributed by atoms with Gasteiger partial charge in [-0.1, -0.05) is 89.5 Å². The van der Waals surface area contributed by atoms with E-state index >= 15 is 0 Å². The second kappa shape index (κ2) is 15.2. The first kappa shape index (κ1) is 37.8. The third kappa shape index (κ3) is 7.76. The molecule has 53 heavy (non-hydrogen) atoms. The van der Waals surface area contributed by atoms with Crippen molar-refractivity contribution in [2.45, 2.75) is 82.3 Å². The standard InChI is InChI=1S/C49H56N2OSi/c1-13-52-53(11,12)46-24-22-44(23-25-46)50(47-35(5)26-32(2)27-36(47)6)43-18-14-41(15-19-43)42-16-20-45(21-17-42)51(48-37(7)28-33(3)29-38(48)8)49-39(9)30-34(4)31-40(49)10/h14-31H,13H2,1-12H3. The van der Waals surface area contributed by atoms with Gasteiger partial charge in [-0.15, -0.1) is 0 Å². The highest BCUT2D eigenvalue weighted by Gasteiger charge is 2.26. The largest absolute Gasteiger partial charge is 0.413 e. The molecule has 4 heteroatoms. The lowest BCUT2D eigenvalue weighted by atomic mass is 9.98. The first-order chi connectivity index (χ1) is 25.2. The van der Waals surface area contributed by atoms with Gasteiger partial charge >= 0.3 is 0 Å². The lowest BCUT2D eigenvalue weighted by molar-refractivity contribution is 0.339. The summed E-state index contributed by atoms with van der Waals surface area (Å²) in [5.74, 6) is 0. The molecule has 0 aliphatic rings. The molecule has 0 aliphatic heterocycles. The quantitative estimate of drug-likeness (QED) is 0.131. The van der Waals surface area contributed by atoms with E-state index in [1.165, 1.54) is 83.4 Å². The molecular weight excluding hydrogens is 661 g/mol. The normalized spacial score (nSPS) is 11.5. The Morgan fingerprint density at radius 2 is 0.698 bits per heavy atom. The molecule has 272 valence electrons. The van der Waals surface area contributed by atoms with Gasteiger partial charge in [-0.25, -0.2) is 0 Å². The van der Waals surface area contributed by atoms with Gasteiger partial charge in [0.25, 0.3) is 0 Å². The summed E-state index contributed by atoms with van der Waals surface area (Å²) in [5, 5.41) is 1.30. The van der Waals surface area contributed by atoms with Crippen LogP contribution in [-0.2, 0) is 4.43 Å². The van der Waals surface area contributed by atoms with Gasteiger partial charge in [0.05, 0.1) is 17.1 Å². The predicted molar refractivity (Wildman–Crippen MR) is 233 cm³/mol. The molecule has 0 heterocycles. The van der Waals surface area contributed by atoms with Gasteiger partial charge in [0, 0.05) is 23.7 Å². The van der Waals surface area contributed by atoms with E-state index in [4.69, 9.17) is 4.43 Å². The van der Waals surface area contributed by atoms with Gasteiger partial charge in [0.15, 0.2) is 0 Å². The van der Waals surface area contributed by atoms with Crippen molar-refractivity contribution in [3.05, 3.63) is 159 Å². The van der Waals surface area contributed by atoms with Crippen LogP contribution in [0.5, 0.6) is 0 Å². The molecule has 6 aromatic rings. The molecule has 0 saturated heterocycles. The molecule has 0 fully saturated rings. The predicted octanol–water partition coefficient (Wildman–Crippen LogP) is 13.5. The maximum Gasteiger partial charge on any atom is 0.218 e. The van der Waals surface area contributed by atoms with Crippen LogP contribution in [0.2, 0.25) is 13.1 Å². The Balaban J connectivity index is 1.39. The van der Waals surface area contributed by atoms with Crippen molar-refractivity contribution < 1.29 is 4.43 Å². The van der Waals surface area contributed by atoms with Crippen molar-refractivity contribution in [1.29, 1.82) is 0 Å². The molecule has 0 N–H and O–H groups in total. The summed E-state index contributed by atoms with van der Waals surface area (Å²) in [6.07, 6.45) is 0. The van der Waals surface area contributed by atoms with Crippen molar-refractivity contribution in [2.24, 2.45) is 0 Å². The molecule has 0 spiro atoms. The smallest absolute Gasteiger partial charge is 0.218 e. The third-order valence-electron chi connectivity index (χ3n) is 10.5. The molecule has 0 radical (unpaired) electrons. The monoisotopic (exact) mass is 716 g/mol. The van der Waals surface area contributed by atoms with Crippen LogP contribution in [0.1, 0.15) is 57.0 Å². The van der Waals surface area contributed by atoms with Gasteiger partial charge in [-0.05, 0) is 168 Å². The van der Waals surface area contributed by atoms with Gasteiger partial charge in [-0.2, -0.15) is 0 Å². The summed E-state index contributed by atoms with van der Waals surface area (Å²) in [6, 6.07) is 40.9. The van der Waals surface area contributed by atoms with E-state index in [2.05, 4.69) is 201 Å². The van der Waals surface area contributed by atoms with Crippen LogP contribution >= 0.6 is 0 Å². The van der Waals surface area contributed by atoms with Gasteiger partial charge in [0.1, 0.15) is 0 Å². The van der Waals surface area contributed by atoms with Crippen LogP contribution < -0.4 is 15.0 Å². The summed E-state index contributed by atoms with van der Waals surface area (Å²) in [4.78, 5) is 4.88. The molecule has 3 nitrogen and oxygen atoms in total. The highest BCUT2D eigenvalue weighted by atomic mass is 28.4. The van der Waals surface area contributed by atoms with Gasteiger partial charge in [-0.3, -0.25) is 0 Å². The van der Waals surface area contributed by atoms with Crippen molar-refractivity contribution >= 4 is 47.6 Å². The first-order valence-electron chi connectivity index (χ1n) is 19.0. The summed E-state index contributed by atoms with van der Waals surface area (Å²) < 4.78 is 6.21. The summed E-state index contributed by atoms with van der Waals surface area (Å²) in [6.45, 7) is 27.3. The Kier molecular flexibility index (Phi) is 10.9.